The van der Waals surface area contributed by atoms with Gasteiger partial charge in [0.2, 0.25) is 0 Å². The van der Waals surface area contributed by atoms with E-state index >= 15 is 0 Å². The highest BCUT2D eigenvalue weighted by Gasteiger charge is 2.42. The number of fused-ring (bicyclic) bond motifs is 1. The first kappa shape index (κ1) is 25.2. The fourth-order valence-corrected chi connectivity index (χ4v) is 3.97. The second-order valence-electron chi connectivity index (χ2n) is 7.01. The second-order valence-corrected chi connectivity index (χ2v) is 8.23. The molecule has 0 saturated heterocycles. The maximum atomic E-state index is 13.8. The van der Waals surface area contributed by atoms with Gasteiger partial charge in [0.05, 0.1) is 32.8 Å². The van der Waals surface area contributed by atoms with Crippen LogP contribution >= 0.6 is 34.8 Å². The number of halogens is 6. The van der Waals surface area contributed by atoms with Gasteiger partial charge in [-0.05, 0) is 49.7 Å². The molecule has 0 fully saturated rings. The fourth-order valence-electron chi connectivity index (χ4n) is 3.43. The van der Waals surface area contributed by atoms with Gasteiger partial charge in [-0.15, -0.1) is 0 Å². The molecule has 0 aliphatic carbocycles. The average molecular weight is 522 g/mol. The SMILES string of the molecule is CCOC(=O)c1cc2cc(C(=O)NC(c3ccc(Cl)c(Cl)c3)C(F)(F)F)n(CC)c2cc1Cl. The summed E-state index contributed by atoms with van der Waals surface area (Å²) in [5.41, 5.74) is 0.282. The van der Waals surface area contributed by atoms with Crippen molar-refractivity contribution < 1.29 is 27.5 Å². The summed E-state index contributed by atoms with van der Waals surface area (Å²) in [6.07, 6.45) is -4.80. The Morgan fingerprint density at radius 3 is 2.30 bits per heavy atom. The van der Waals surface area contributed by atoms with Crippen molar-refractivity contribution in [1.29, 1.82) is 0 Å². The molecular formula is C22H18Cl3F3N2O3. The van der Waals surface area contributed by atoms with Crippen LogP contribution in [0.3, 0.4) is 0 Å². The molecule has 3 aromatic rings. The number of benzene rings is 2. The number of nitrogens with one attached hydrogen (secondary N) is 1. The van der Waals surface area contributed by atoms with Crippen molar-refractivity contribution in [2.24, 2.45) is 0 Å². The van der Waals surface area contributed by atoms with Crippen molar-refractivity contribution >= 4 is 57.6 Å². The first-order valence-corrected chi connectivity index (χ1v) is 10.9. The van der Waals surface area contributed by atoms with E-state index in [1.54, 1.807) is 13.8 Å². The van der Waals surface area contributed by atoms with Crippen LogP contribution in [0.4, 0.5) is 13.2 Å². The molecule has 0 saturated carbocycles. The topological polar surface area (TPSA) is 60.3 Å². The minimum atomic E-state index is -4.80. The lowest BCUT2D eigenvalue weighted by Crippen LogP contribution is -2.38. The van der Waals surface area contributed by atoms with Gasteiger partial charge in [0, 0.05) is 11.9 Å². The number of amides is 1. The van der Waals surface area contributed by atoms with Gasteiger partial charge in [-0.2, -0.15) is 13.2 Å². The predicted octanol–water partition coefficient (Wildman–Crippen LogP) is 6.83. The highest BCUT2D eigenvalue weighted by Crippen LogP contribution is 2.36. The summed E-state index contributed by atoms with van der Waals surface area (Å²) in [6, 6.07) is 5.43. The summed E-state index contributed by atoms with van der Waals surface area (Å²) in [5, 5.41) is 2.61. The van der Waals surface area contributed by atoms with Crippen LogP contribution in [0.15, 0.2) is 36.4 Å². The number of aromatic nitrogens is 1. The van der Waals surface area contributed by atoms with E-state index in [0.29, 0.717) is 10.9 Å². The lowest BCUT2D eigenvalue weighted by molar-refractivity contribution is -0.155. The number of carbonyl (C=O) groups excluding carboxylic acids is 2. The van der Waals surface area contributed by atoms with Gasteiger partial charge in [-0.3, -0.25) is 4.79 Å². The number of hydrogen-bond acceptors (Lipinski definition) is 3. The summed E-state index contributed by atoms with van der Waals surface area (Å²) in [4.78, 5) is 25.1. The van der Waals surface area contributed by atoms with E-state index in [1.165, 1.54) is 28.8 Å². The Morgan fingerprint density at radius 2 is 1.73 bits per heavy atom. The first-order valence-electron chi connectivity index (χ1n) is 9.80. The molecule has 0 aliphatic rings. The molecule has 1 N–H and O–H groups in total. The molecule has 1 atom stereocenters. The molecule has 1 heterocycles. The number of alkyl halides is 3. The highest BCUT2D eigenvalue weighted by molar-refractivity contribution is 6.42. The Bertz CT molecular complexity index is 1230. The molecule has 1 amide bonds. The Morgan fingerprint density at radius 1 is 1.03 bits per heavy atom. The standard InChI is InChI=1S/C22H18Cl3F3N2O3/c1-3-30-17-10-15(24)13(21(32)33-4-2)7-12(17)9-18(30)20(31)29-19(22(26,27)28)11-5-6-14(23)16(25)8-11/h5-10,19H,3-4H2,1-2H3,(H,29,31). The van der Waals surface area contributed by atoms with Crippen molar-refractivity contribution in [3.05, 3.63) is 68.3 Å². The van der Waals surface area contributed by atoms with Crippen molar-refractivity contribution in [2.75, 3.05) is 6.61 Å². The normalized spacial score (nSPS) is 12.6. The number of nitrogens with zero attached hydrogens (tertiary/aromatic N) is 1. The summed E-state index contributed by atoms with van der Waals surface area (Å²) < 4.78 is 47.9. The Labute approximate surface area is 202 Å². The van der Waals surface area contributed by atoms with Crippen molar-refractivity contribution in [3.63, 3.8) is 0 Å². The Balaban J connectivity index is 2.04. The van der Waals surface area contributed by atoms with Gasteiger partial charge in [0.15, 0.2) is 6.04 Å². The number of esters is 1. The van der Waals surface area contributed by atoms with Crippen LogP contribution in [-0.2, 0) is 11.3 Å². The lowest BCUT2D eigenvalue weighted by Gasteiger charge is -2.23. The van der Waals surface area contributed by atoms with Gasteiger partial charge < -0.3 is 14.6 Å². The van der Waals surface area contributed by atoms with E-state index in [2.05, 4.69) is 0 Å². The third kappa shape index (κ3) is 5.23. The number of hydrogen-bond donors (Lipinski definition) is 1. The highest BCUT2D eigenvalue weighted by atomic mass is 35.5. The van der Waals surface area contributed by atoms with Crippen LogP contribution in [0.25, 0.3) is 10.9 Å². The maximum Gasteiger partial charge on any atom is 0.412 e. The monoisotopic (exact) mass is 520 g/mol. The van der Waals surface area contributed by atoms with Crippen LogP contribution < -0.4 is 5.32 Å². The summed E-state index contributed by atoms with van der Waals surface area (Å²) >= 11 is 17.9. The van der Waals surface area contributed by atoms with Gasteiger partial charge in [-0.25, -0.2) is 4.79 Å². The van der Waals surface area contributed by atoms with Crippen LogP contribution in [0, 0.1) is 0 Å². The molecule has 5 nitrogen and oxygen atoms in total. The molecular weight excluding hydrogens is 504 g/mol. The Hall–Kier alpha value is -2.42. The predicted molar refractivity (Wildman–Crippen MR) is 121 cm³/mol. The average Bonchev–Trinajstić information content (AvgIpc) is 3.10. The van der Waals surface area contributed by atoms with Gasteiger partial charge >= 0.3 is 12.1 Å². The number of ether oxygens (including phenoxy) is 1. The number of carbonyl (C=O) groups is 2. The third-order valence-corrected chi connectivity index (χ3v) is 5.97. The quantitative estimate of drug-likeness (QED) is 0.362. The largest absolute Gasteiger partial charge is 0.462 e. The van der Waals surface area contributed by atoms with Gasteiger partial charge in [-0.1, -0.05) is 40.9 Å². The molecule has 1 aromatic heterocycles. The molecule has 0 aliphatic heterocycles. The third-order valence-electron chi connectivity index (χ3n) is 4.91. The van der Waals surface area contributed by atoms with Crippen LogP contribution in [-0.4, -0.2) is 29.2 Å². The fraction of sp³-hybridized carbons (Fsp3) is 0.273. The molecule has 176 valence electrons. The zero-order valence-electron chi connectivity index (χ0n) is 17.4. The van der Waals surface area contributed by atoms with Crippen LogP contribution in [0.2, 0.25) is 15.1 Å². The summed E-state index contributed by atoms with van der Waals surface area (Å²) in [6.45, 7) is 3.78. The van der Waals surface area contributed by atoms with Crippen LogP contribution in [0.5, 0.6) is 0 Å². The van der Waals surface area contributed by atoms with Gasteiger partial charge in [0.25, 0.3) is 5.91 Å². The summed E-state index contributed by atoms with van der Waals surface area (Å²) in [5.74, 6) is -1.60. The van der Waals surface area contributed by atoms with E-state index in [9.17, 15) is 22.8 Å². The van der Waals surface area contributed by atoms with E-state index in [1.807, 2.05) is 5.32 Å². The molecule has 1 unspecified atom stereocenters. The first-order chi connectivity index (χ1) is 15.5. The molecule has 11 heteroatoms. The van der Waals surface area contributed by atoms with Crippen molar-refractivity contribution in [3.8, 4) is 0 Å². The minimum absolute atomic E-state index is 0.0288. The molecule has 0 spiro atoms. The van der Waals surface area contributed by atoms with E-state index in [0.717, 1.165) is 12.1 Å². The van der Waals surface area contributed by atoms with Gasteiger partial charge in [0.1, 0.15) is 5.69 Å². The van der Waals surface area contributed by atoms with Crippen molar-refractivity contribution in [1.82, 2.24) is 9.88 Å². The molecule has 0 bridgehead atoms. The minimum Gasteiger partial charge on any atom is -0.462 e. The van der Waals surface area contributed by atoms with E-state index in [4.69, 9.17) is 39.5 Å². The van der Waals surface area contributed by atoms with E-state index < -0.39 is 24.1 Å². The smallest absolute Gasteiger partial charge is 0.412 e. The molecule has 2 aromatic carbocycles. The Kier molecular flexibility index (Phi) is 7.51. The number of aryl methyl sites for hydroxylation is 1. The second kappa shape index (κ2) is 9.83. The lowest BCUT2D eigenvalue weighted by atomic mass is 10.1. The summed E-state index contributed by atoms with van der Waals surface area (Å²) in [7, 11) is 0. The maximum absolute atomic E-state index is 13.8. The van der Waals surface area contributed by atoms with E-state index in [-0.39, 0.29) is 45.0 Å². The molecule has 0 radical (unpaired) electrons. The molecule has 33 heavy (non-hydrogen) atoms. The van der Waals surface area contributed by atoms with Crippen LogP contribution in [0.1, 0.15) is 46.3 Å². The zero-order chi connectivity index (χ0) is 24.5. The van der Waals surface area contributed by atoms with Crippen molar-refractivity contribution in [2.45, 2.75) is 32.6 Å². The number of rotatable bonds is 6. The molecule has 3 rings (SSSR count). The zero-order valence-corrected chi connectivity index (χ0v) is 19.7.